The van der Waals surface area contributed by atoms with Gasteiger partial charge in [0, 0.05) is 25.4 Å². The van der Waals surface area contributed by atoms with E-state index in [1.807, 2.05) is 0 Å². The van der Waals surface area contributed by atoms with Gasteiger partial charge in [-0.1, -0.05) is 0 Å². The molecule has 0 aliphatic heterocycles. The Labute approximate surface area is 144 Å². The van der Waals surface area contributed by atoms with Gasteiger partial charge in [0.05, 0.1) is 10.5 Å². The Balaban J connectivity index is 1.80. The number of nitrogens with zero attached hydrogens (tertiary/aromatic N) is 3. The third-order valence-electron chi connectivity index (χ3n) is 3.02. The molecule has 2 aromatic heterocycles. The van der Waals surface area contributed by atoms with E-state index in [1.165, 1.54) is 24.4 Å². The van der Waals surface area contributed by atoms with E-state index in [0.717, 1.165) is 12.3 Å². The van der Waals surface area contributed by atoms with E-state index in [0.29, 0.717) is 0 Å². The van der Waals surface area contributed by atoms with E-state index in [4.69, 9.17) is 0 Å². The topological polar surface area (TPSA) is 122 Å². The van der Waals surface area contributed by atoms with Gasteiger partial charge in [0.1, 0.15) is 17.8 Å². The van der Waals surface area contributed by atoms with Crippen LogP contribution in [-0.2, 0) is 6.18 Å². The Bertz CT molecular complexity index is 782. The highest BCUT2D eigenvalue weighted by Crippen LogP contribution is 2.33. The zero-order valence-corrected chi connectivity index (χ0v) is 13.1. The molecule has 0 fully saturated rings. The van der Waals surface area contributed by atoms with Gasteiger partial charge in [-0.2, -0.15) is 13.2 Å². The van der Waals surface area contributed by atoms with Gasteiger partial charge in [-0.05, 0) is 18.2 Å². The summed E-state index contributed by atoms with van der Waals surface area (Å²) in [7, 11) is 0. The highest BCUT2D eigenvalue weighted by atomic mass is 19.4. The molecule has 9 nitrogen and oxygen atoms in total. The predicted molar refractivity (Wildman–Crippen MR) is 85.6 cm³/mol. The molecule has 0 unspecified atom stereocenters. The first-order valence-electron chi connectivity index (χ1n) is 7.19. The van der Waals surface area contributed by atoms with Crippen LogP contribution in [0.3, 0.4) is 0 Å². The fourth-order valence-corrected chi connectivity index (χ4v) is 1.86. The third kappa shape index (κ3) is 5.29. The molecule has 0 aliphatic rings. The molecule has 26 heavy (non-hydrogen) atoms. The van der Waals surface area contributed by atoms with Gasteiger partial charge < -0.3 is 10.6 Å². The van der Waals surface area contributed by atoms with Crippen LogP contribution in [0.5, 0.6) is 0 Å². The van der Waals surface area contributed by atoms with Crippen molar-refractivity contribution in [2.75, 3.05) is 23.7 Å². The molecule has 2 amide bonds. The number of hydrogen-bond acceptors (Lipinski definition) is 6. The zero-order valence-electron chi connectivity index (χ0n) is 13.1. The maximum Gasteiger partial charge on any atom is 0.419 e. The molecule has 0 saturated heterocycles. The van der Waals surface area contributed by atoms with Crippen LogP contribution in [0, 0.1) is 10.1 Å². The Morgan fingerprint density at radius 2 is 1.96 bits per heavy atom. The van der Waals surface area contributed by atoms with E-state index < -0.39 is 22.7 Å². The Kier molecular flexibility index (Phi) is 5.88. The molecule has 0 bridgehead atoms. The second-order valence-corrected chi connectivity index (χ2v) is 4.86. The summed E-state index contributed by atoms with van der Waals surface area (Å²) in [4.78, 5) is 28.8. The lowest BCUT2D eigenvalue weighted by molar-refractivity contribution is -0.385. The summed E-state index contributed by atoms with van der Waals surface area (Å²) in [5.41, 5.74) is -1.13. The summed E-state index contributed by atoms with van der Waals surface area (Å²) in [6.07, 6.45) is -2.34. The van der Waals surface area contributed by atoms with Crippen LogP contribution in [0.4, 0.5) is 35.3 Å². The first-order chi connectivity index (χ1) is 12.3. The highest BCUT2D eigenvalue weighted by Gasteiger charge is 2.33. The minimum Gasteiger partial charge on any atom is -0.368 e. The molecule has 0 aliphatic carbocycles. The number of halogens is 3. The lowest BCUT2D eigenvalue weighted by Crippen LogP contribution is -2.33. The molecule has 2 rings (SSSR count). The lowest BCUT2D eigenvalue weighted by atomic mass is 10.2. The number of carbonyl (C=O) groups is 1. The second kappa shape index (κ2) is 8.09. The molecule has 2 aromatic rings. The monoisotopic (exact) mass is 370 g/mol. The fourth-order valence-electron chi connectivity index (χ4n) is 1.86. The molecule has 0 spiro atoms. The number of nitro groups is 1. The van der Waals surface area contributed by atoms with Gasteiger partial charge in [0.15, 0.2) is 0 Å². The van der Waals surface area contributed by atoms with Crippen molar-refractivity contribution in [3.8, 4) is 0 Å². The van der Waals surface area contributed by atoms with E-state index in [9.17, 15) is 28.1 Å². The number of rotatable bonds is 6. The van der Waals surface area contributed by atoms with Crippen molar-refractivity contribution in [1.82, 2.24) is 15.3 Å². The standard InChI is InChI=1S/C14H13F3N6O3/c15-14(16,17)10-2-1-5-18-12(10)19-6-7-20-13(24)22-11-4-3-9(8-21-11)23(25)26/h1-5,8H,6-7H2,(H,18,19)(H2,20,21,22,24). The summed E-state index contributed by atoms with van der Waals surface area (Å²) in [5.74, 6) is -0.246. The van der Waals surface area contributed by atoms with Crippen molar-refractivity contribution in [1.29, 1.82) is 0 Å². The number of nitrogens with one attached hydrogen (secondary N) is 3. The average molecular weight is 370 g/mol. The van der Waals surface area contributed by atoms with Crippen LogP contribution in [0.1, 0.15) is 5.56 Å². The molecule has 3 N–H and O–H groups in total. The molecular formula is C14H13F3N6O3. The van der Waals surface area contributed by atoms with Crippen molar-refractivity contribution in [2.24, 2.45) is 0 Å². The number of hydrogen-bond donors (Lipinski definition) is 3. The van der Waals surface area contributed by atoms with Gasteiger partial charge in [-0.25, -0.2) is 14.8 Å². The van der Waals surface area contributed by atoms with Crippen molar-refractivity contribution in [3.05, 3.63) is 52.3 Å². The third-order valence-corrected chi connectivity index (χ3v) is 3.02. The summed E-state index contributed by atoms with van der Waals surface area (Å²) >= 11 is 0. The molecular weight excluding hydrogens is 357 g/mol. The normalized spacial score (nSPS) is 10.9. The summed E-state index contributed by atoms with van der Waals surface area (Å²) < 4.78 is 38.4. The molecule has 0 atom stereocenters. The second-order valence-electron chi connectivity index (χ2n) is 4.86. The van der Waals surface area contributed by atoms with E-state index in [2.05, 4.69) is 25.9 Å². The lowest BCUT2D eigenvalue weighted by Gasteiger charge is -2.13. The van der Waals surface area contributed by atoms with Crippen LogP contribution in [0.15, 0.2) is 36.7 Å². The predicted octanol–water partition coefficient (Wildman–Crippen LogP) is 2.64. The SMILES string of the molecule is O=C(NCCNc1ncccc1C(F)(F)F)Nc1ccc([N+](=O)[O-])cn1. The average Bonchev–Trinajstić information content (AvgIpc) is 2.58. The van der Waals surface area contributed by atoms with Crippen LogP contribution in [-0.4, -0.2) is 34.0 Å². The van der Waals surface area contributed by atoms with E-state index in [1.54, 1.807) is 0 Å². The minimum absolute atomic E-state index is 0.00119. The number of pyridine rings is 2. The fraction of sp³-hybridized carbons (Fsp3) is 0.214. The highest BCUT2D eigenvalue weighted by molar-refractivity contribution is 5.88. The van der Waals surface area contributed by atoms with Gasteiger partial charge in [-0.15, -0.1) is 0 Å². The van der Waals surface area contributed by atoms with Gasteiger partial charge in [0.25, 0.3) is 5.69 Å². The molecule has 0 radical (unpaired) electrons. The van der Waals surface area contributed by atoms with Crippen molar-refractivity contribution >= 4 is 23.4 Å². The van der Waals surface area contributed by atoms with Gasteiger partial charge >= 0.3 is 12.2 Å². The maximum absolute atomic E-state index is 12.8. The number of urea groups is 1. The largest absolute Gasteiger partial charge is 0.419 e. The minimum atomic E-state index is -4.54. The van der Waals surface area contributed by atoms with Gasteiger partial charge in [0.2, 0.25) is 0 Å². The summed E-state index contributed by atoms with van der Waals surface area (Å²) in [6, 6.07) is 3.83. The summed E-state index contributed by atoms with van der Waals surface area (Å²) in [6.45, 7) is 0.00783. The maximum atomic E-state index is 12.8. The van der Waals surface area contributed by atoms with Gasteiger partial charge in [-0.3, -0.25) is 15.4 Å². The number of alkyl halides is 3. The zero-order chi connectivity index (χ0) is 19.2. The first kappa shape index (κ1) is 18.9. The van der Waals surface area contributed by atoms with Crippen molar-refractivity contribution < 1.29 is 22.9 Å². The smallest absolute Gasteiger partial charge is 0.368 e. The van der Waals surface area contributed by atoms with Crippen LogP contribution < -0.4 is 16.0 Å². The number of amides is 2. The summed E-state index contributed by atoms with van der Waals surface area (Å²) in [5, 5.41) is 17.7. The van der Waals surface area contributed by atoms with E-state index in [-0.39, 0.29) is 30.4 Å². The first-order valence-corrected chi connectivity index (χ1v) is 7.19. The molecule has 2 heterocycles. The van der Waals surface area contributed by atoms with Crippen molar-refractivity contribution in [2.45, 2.75) is 6.18 Å². The molecule has 0 saturated carbocycles. The van der Waals surface area contributed by atoms with Crippen LogP contribution in [0.2, 0.25) is 0 Å². The van der Waals surface area contributed by atoms with Crippen LogP contribution >= 0.6 is 0 Å². The number of aromatic nitrogens is 2. The molecule has 0 aromatic carbocycles. The Morgan fingerprint density at radius 1 is 1.19 bits per heavy atom. The quantitative estimate of drug-likeness (QED) is 0.408. The Hall–Kier alpha value is -3.44. The van der Waals surface area contributed by atoms with E-state index >= 15 is 0 Å². The number of carbonyl (C=O) groups excluding carboxylic acids is 1. The molecule has 12 heteroatoms. The number of anilines is 2. The Morgan fingerprint density at radius 3 is 2.58 bits per heavy atom. The van der Waals surface area contributed by atoms with Crippen molar-refractivity contribution in [3.63, 3.8) is 0 Å². The molecule has 138 valence electrons. The van der Waals surface area contributed by atoms with Crippen LogP contribution in [0.25, 0.3) is 0 Å².